The van der Waals surface area contributed by atoms with Crippen molar-refractivity contribution in [1.82, 2.24) is 9.97 Å². The first-order chi connectivity index (χ1) is 9.21. The highest BCUT2D eigenvalue weighted by Crippen LogP contribution is 2.33. The molecule has 0 saturated carbocycles. The summed E-state index contributed by atoms with van der Waals surface area (Å²) in [6.07, 6.45) is -2.66. The molecule has 112 valence electrons. The van der Waals surface area contributed by atoms with E-state index in [4.69, 9.17) is 0 Å². The van der Waals surface area contributed by atoms with E-state index < -0.39 is 12.0 Å². The summed E-state index contributed by atoms with van der Waals surface area (Å²) in [6.45, 7) is 5.77. The van der Waals surface area contributed by atoms with Crippen LogP contribution in [0.2, 0.25) is 0 Å². The van der Waals surface area contributed by atoms with Crippen LogP contribution in [0.15, 0.2) is 6.07 Å². The fourth-order valence-corrected chi connectivity index (χ4v) is 2.19. The van der Waals surface area contributed by atoms with Crippen molar-refractivity contribution < 1.29 is 13.2 Å². The van der Waals surface area contributed by atoms with Crippen LogP contribution in [0.25, 0.3) is 0 Å². The number of anilines is 2. The van der Waals surface area contributed by atoms with Crippen LogP contribution in [0.5, 0.6) is 0 Å². The van der Waals surface area contributed by atoms with E-state index in [9.17, 15) is 13.2 Å². The Morgan fingerprint density at radius 1 is 1.20 bits per heavy atom. The van der Waals surface area contributed by atoms with Crippen molar-refractivity contribution in [2.75, 3.05) is 30.4 Å². The molecule has 0 radical (unpaired) electrons. The van der Waals surface area contributed by atoms with Gasteiger partial charge in [0.1, 0.15) is 11.6 Å². The van der Waals surface area contributed by atoms with Gasteiger partial charge in [0.2, 0.25) is 5.82 Å². The van der Waals surface area contributed by atoms with Crippen molar-refractivity contribution in [2.24, 2.45) is 5.41 Å². The zero-order valence-corrected chi connectivity index (χ0v) is 11.9. The summed E-state index contributed by atoms with van der Waals surface area (Å²) in [5.74, 6) is -0.566. The molecule has 0 bridgehead atoms. The van der Waals surface area contributed by atoms with Crippen LogP contribution in [0, 0.1) is 5.41 Å². The van der Waals surface area contributed by atoms with Gasteiger partial charge in [-0.1, -0.05) is 13.8 Å². The van der Waals surface area contributed by atoms with E-state index in [0.29, 0.717) is 18.9 Å². The number of rotatable bonds is 2. The SMILES string of the molecule is CNc1cc(N2CCC(C)(C)CC2)nc(C(F)(F)F)n1. The number of hydrogen-bond donors (Lipinski definition) is 1. The van der Waals surface area contributed by atoms with Crippen LogP contribution in [-0.2, 0) is 6.18 Å². The highest BCUT2D eigenvalue weighted by molar-refractivity contribution is 5.49. The van der Waals surface area contributed by atoms with Gasteiger partial charge in [-0.3, -0.25) is 0 Å². The Kier molecular flexibility index (Phi) is 3.80. The molecule has 0 atom stereocenters. The molecule has 0 aliphatic carbocycles. The van der Waals surface area contributed by atoms with Crippen LogP contribution in [-0.4, -0.2) is 30.1 Å². The van der Waals surface area contributed by atoms with E-state index >= 15 is 0 Å². The first-order valence-electron chi connectivity index (χ1n) is 6.60. The van der Waals surface area contributed by atoms with Gasteiger partial charge in [-0.25, -0.2) is 9.97 Å². The van der Waals surface area contributed by atoms with Crippen molar-refractivity contribution in [3.63, 3.8) is 0 Å². The predicted octanol–water partition coefficient (Wildman–Crippen LogP) is 3.16. The summed E-state index contributed by atoms with van der Waals surface area (Å²) in [4.78, 5) is 9.04. The Balaban J connectivity index is 2.28. The summed E-state index contributed by atoms with van der Waals surface area (Å²) in [5, 5.41) is 2.66. The fourth-order valence-electron chi connectivity index (χ4n) is 2.19. The molecular formula is C13H19F3N4. The maximum atomic E-state index is 12.8. The highest BCUT2D eigenvalue weighted by Gasteiger charge is 2.36. The summed E-state index contributed by atoms with van der Waals surface area (Å²) in [6, 6.07) is 1.56. The molecule has 20 heavy (non-hydrogen) atoms. The lowest BCUT2D eigenvalue weighted by Crippen LogP contribution is -2.38. The third-order valence-corrected chi connectivity index (χ3v) is 3.66. The van der Waals surface area contributed by atoms with Crippen molar-refractivity contribution in [1.29, 1.82) is 0 Å². The second-order valence-corrected chi connectivity index (χ2v) is 5.83. The Labute approximate surface area is 116 Å². The minimum Gasteiger partial charge on any atom is -0.373 e. The van der Waals surface area contributed by atoms with Crippen LogP contribution in [0.3, 0.4) is 0 Å². The van der Waals surface area contributed by atoms with Crippen molar-refractivity contribution in [2.45, 2.75) is 32.9 Å². The van der Waals surface area contributed by atoms with E-state index in [1.807, 2.05) is 4.90 Å². The number of nitrogens with zero attached hydrogens (tertiary/aromatic N) is 3. The Hall–Kier alpha value is -1.53. The zero-order chi connectivity index (χ0) is 15.0. The minimum atomic E-state index is -4.53. The molecule has 1 aliphatic heterocycles. The highest BCUT2D eigenvalue weighted by atomic mass is 19.4. The van der Waals surface area contributed by atoms with E-state index in [0.717, 1.165) is 12.8 Å². The summed E-state index contributed by atoms with van der Waals surface area (Å²) >= 11 is 0. The Morgan fingerprint density at radius 2 is 1.80 bits per heavy atom. The van der Waals surface area contributed by atoms with Gasteiger partial charge >= 0.3 is 6.18 Å². The van der Waals surface area contributed by atoms with Gasteiger partial charge < -0.3 is 10.2 Å². The normalized spacial score (nSPS) is 19.0. The molecule has 7 heteroatoms. The van der Waals surface area contributed by atoms with Gasteiger partial charge in [-0.15, -0.1) is 0 Å². The molecule has 2 rings (SSSR count). The number of nitrogens with one attached hydrogen (secondary N) is 1. The first-order valence-corrected chi connectivity index (χ1v) is 6.60. The third kappa shape index (κ3) is 3.32. The average Bonchev–Trinajstić information content (AvgIpc) is 2.37. The quantitative estimate of drug-likeness (QED) is 0.907. The molecule has 1 N–H and O–H groups in total. The number of alkyl halides is 3. The molecule has 4 nitrogen and oxygen atoms in total. The Morgan fingerprint density at radius 3 is 2.30 bits per heavy atom. The summed E-state index contributed by atoms with van der Waals surface area (Å²) in [7, 11) is 1.55. The van der Waals surface area contributed by atoms with Gasteiger partial charge in [0.05, 0.1) is 0 Å². The lowest BCUT2D eigenvalue weighted by Gasteiger charge is -2.37. The second-order valence-electron chi connectivity index (χ2n) is 5.83. The van der Waals surface area contributed by atoms with E-state index in [2.05, 4.69) is 29.1 Å². The van der Waals surface area contributed by atoms with Crippen LogP contribution >= 0.6 is 0 Å². The molecule has 1 fully saturated rings. The molecule has 1 aromatic rings. The Bertz CT molecular complexity index is 475. The number of halogens is 3. The summed E-state index contributed by atoms with van der Waals surface area (Å²) in [5.41, 5.74) is 0.238. The largest absolute Gasteiger partial charge is 0.451 e. The minimum absolute atomic E-state index is 0.187. The molecule has 2 heterocycles. The van der Waals surface area contributed by atoms with Gasteiger partial charge in [-0.2, -0.15) is 13.2 Å². The standard InChI is InChI=1S/C13H19F3N4/c1-12(2)4-6-20(7-5-12)10-8-9(17-3)18-11(19-10)13(14,15)16/h8H,4-7H2,1-3H3,(H,17,18,19). The molecule has 1 aromatic heterocycles. The van der Waals surface area contributed by atoms with Crippen molar-refractivity contribution in [3.05, 3.63) is 11.9 Å². The molecule has 0 unspecified atom stereocenters. The maximum Gasteiger partial charge on any atom is 0.451 e. The lowest BCUT2D eigenvalue weighted by atomic mass is 9.83. The smallest absolute Gasteiger partial charge is 0.373 e. The van der Waals surface area contributed by atoms with Crippen LogP contribution in [0.4, 0.5) is 24.8 Å². The number of aromatic nitrogens is 2. The monoisotopic (exact) mass is 288 g/mol. The molecular weight excluding hydrogens is 269 g/mol. The van der Waals surface area contributed by atoms with Crippen LogP contribution in [0.1, 0.15) is 32.5 Å². The van der Waals surface area contributed by atoms with E-state index in [1.54, 1.807) is 13.1 Å². The maximum absolute atomic E-state index is 12.8. The number of hydrogen-bond acceptors (Lipinski definition) is 4. The molecule has 0 aromatic carbocycles. The predicted molar refractivity (Wildman–Crippen MR) is 71.8 cm³/mol. The van der Waals surface area contributed by atoms with Crippen LogP contribution < -0.4 is 10.2 Å². The lowest BCUT2D eigenvalue weighted by molar-refractivity contribution is -0.144. The van der Waals surface area contributed by atoms with E-state index in [-0.39, 0.29) is 11.2 Å². The van der Waals surface area contributed by atoms with Gasteiger partial charge in [0, 0.05) is 26.2 Å². The van der Waals surface area contributed by atoms with Crippen molar-refractivity contribution in [3.8, 4) is 0 Å². The first kappa shape index (κ1) is 14.9. The molecule has 0 spiro atoms. The summed E-state index contributed by atoms with van der Waals surface area (Å²) < 4.78 is 38.4. The third-order valence-electron chi connectivity index (χ3n) is 3.66. The molecule has 1 aliphatic rings. The molecule has 1 saturated heterocycles. The van der Waals surface area contributed by atoms with E-state index in [1.165, 1.54) is 0 Å². The molecule has 0 amide bonds. The van der Waals surface area contributed by atoms with Gasteiger partial charge in [-0.05, 0) is 18.3 Å². The zero-order valence-electron chi connectivity index (χ0n) is 11.9. The average molecular weight is 288 g/mol. The number of piperidine rings is 1. The topological polar surface area (TPSA) is 41.0 Å². The fraction of sp³-hybridized carbons (Fsp3) is 0.692. The van der Waals surface area contributed by atoms with Gasteiger partial charge in [0.25, 0.3) is 0 Å². The second kappa shape index (κ2) is 5.10. The van der Waals surface area contributed by atoms with Gasteiger partial charge in [0.15, 0.2) is 0 Å². The van der Waals surface area contributed by atoms with Crippen molar-refractivity contribution >= 4 is 11.6 Å².